The number of halogens is 1. The second kappa shape index (κ2) is 7.16. The highest BCUT2D eigenvalue weighted by Crippen LogP contribution is 2.20. The summed E-state index contributed by atoms with van der Waals surface area (Å²) in [5.41, 5.74) is 1.18. The molecule has 0 bridgehead atoms. The van der Waals surface area contributed by atoms with Gasteiger partial charge in [-0.1, -0.05) is 17.7 Å². The maximum absolute atomic E-state index is 12.3. The van der Waals surface area contributed by atoms with Crippen LogP contribution in [0.15, 0.2) is 41.8 Å². The maximum Gasteiger partial charge on any atom is 0.223 e. The summed E-state index contributed by atoms with van der Waals surface area (Å²) in [7, 11) is 0. The maximum atomic E-state index is 12.3. The average molecular weight is 335 g/mol. The number of anilines is 1. The summed E-state index contributed by atoms with van der Waals surface area (Å²) in [5.74, 6) is 0.268. The lowest BCUT2D eigenvalue weighted by Gasteiger charge is -2.36. The molecule has 2 aromatic rings. The third kappa shape index (κ3) is 3.81. The number of carbonyl (C=O) groups is 1. The summed E-state index contributed by atoms with van der Waals surface area (Å²) < 4.78 is 0. The summed E-state index contributed by atoms with van der Waals surface area (Å²) in [6, 6.07) is 12.0. The van der Waals surface area contributed by atoms with Gasteiger partial charge in [-0.05, 0) is 42.1 Å². The summed E-state index contributed by atoms with van der Waals surface area (Å²) in [6.07, 6.45) is 1.47. The van der Waals surface area contributed by atoms with Crippen molar-refractivity contribution in [2.75, 3.05) is 31.1 Å². The molecule has 0 atom stereocenters. The van der Waals surface area contributed by atoms with E-state index in [0.717, 1.165) is 37.6 Å². The molecular formula is C17H19ClN2OS. The van der Waals surface area contributed by atoms with E-state index in [2.05, 4.69) is 16.3 Å². The van der Waals surface area contributed by atoms with Gasteiger partial charge in [0.1, 0.15) is 0 Å². The second-order valence-corrected chi connectivity index (χ2v) is 6.89. The molecular weight excluding hydrogens is 316 g/mol. The SMILES string of the molecule is O=C(CCc1cccs1)N1CCN(c2ccc(Cl)cc2)CC1. The highest BCUT2D eigenvalue weighted by Gasteiger charge is 2.21. The molecule has 22 heavy (non-hydrogen) atoms. The molecule has 0 saturated carbocycles. The first kappa shape index (κ1) is 15.4. The number of thiophene rings is 1. The number of benzene rings is 1. The summed E-state index contributed by atoms with van der Waals surface area (Å²) >= 11 is 7.64. The lowest BCUT2D eigenvalue weighted by molar-refractivity contribution is -0.131. The Bertz CT molecular complexity index is 604. The zero-order chi connectivity index (χ0) is 15.4. The van der Waals surface area contributed by atoms with Gasteiger partial charge < -0.3 is 9.80 Å². The molecule has 1 aromatic carbocycles. The van der Waals surface area contributed by atoms with Crippen LogP contribution in [0.4, 0.5) is 5.69 Å². The summed E-state index contributed by atoms with van der Waals surface area (Å²) in [5, 5.41) is 2.82. The Morgan fingerprint density at radius 3 is 2.45 bits per heavy atom. The van der Waals surface area contributed by atoms with Gasteiger partial charge in [-0.15, -0.1) is 11.3 Å². The molecule has 1 amide bonds. The van der Waals surface area contributed by atoms with Crippen molar-refractivity contribution >= 4 is 34.5 Å². The largest absolute Gasteiger partial charge is 0.368 e. The van der Waals surface area contributed by atoms with Gasteiger partial charge in [0.25, 0.3) is 0 Å². The highest BCUT2D eigenvalue weighted by atomic mass is 35.5. The van der Waals surface area contributed by atoms with Crippen molar-refractivity contribution in [3.63, 3.8) is 0 Å². The number of amides is 1. The van der Waals surface area contributed by atoms with Crippen LogP contribution < -0.4 is 4.90 Å². The number of carbonyl (C=O) groups excluding carboxylic acids is 1. The van der Waals surface area contributed by atoms with Crippen LogP contribution >= 0.6 is 22.9 Å². The van der Waals surface area contributed by atoms with Crippen molar-refractivity contribution in [3.05, 3.63) is 51.7 Å². The molecule has 0 N–H and O–H groups in total. The number of rotatable bonds is 4. The predicted octanol–water partition coefficient (Wildman–Crippen LogP) is 3.68. The number of hydrogen-bond donors (Lipinski definition) is 0. The molecule has 5 heteroatoms. The average Bonchev–Trinajstić information content (AvgIpc) is 3.07. The minimum atomic E-state index is 0.268. The van der Waals surface area contributed by atoms with E-state index in [-0.39, 0.29) is 5.91 Å². The number of hydrogen-bond acceptors (Lipinski definition) is 3. The van der Waals surface area contributed by atoms with Crippen LogP contribution in [-0.4, -0.2) is 37.0 Å². The third-order valence-corrected chi connectivity index (χ3v) is 5.18. The fourth-order valence-electron chi connectivity index (χ4n) is 2.71. The molecule has 116 valence electrons. The Kier molecular flexibility index (Phi) is 5.01. The lowest BCUT2D eigenvalue weighted by atomic mass is 10.2. The minimum Gasteiger partial charge on any atom is -0.368 e. The van der Waals surface area contributed by atoms with E-state index < -0.39 is 0 Å². The van der Waals surface area contributed by atoms with Gasteiger partial charge in [-0.2, -0.15) is 0 Å². The van der Waals surface area contributed by atoms with E-state index in [4.69, 9.17) is 11.6 Å². The molecule has 0 unspecified atom stereocenters. The van der Waals surface area contributed by atoms with Gasteiger partial charge in [0.2, 0.25) is 5.91 Å². The van der Waals surface area contributed by atoms with E-state index in [9.17, 15) is 4.79 Å². The van der Waals surface area contributed by atoms with Crippen LogP contribution in [-0.2, 0) is 11.2 Å². The van der Waals surface area contributed by atoms with E-state index in [1.807, 2.05) is 35.2 Å². The van der Waals surface area contributed by atoms with Crippen molar-refractivity contribution in [2.45, 2.75) is 12.8 Å². The van der Waals surface area contributed by atoms with Crippen LogP contribution in [0.2, 0.25) is 5.02 Å². The normalized spacial score (nSPS) is 15.1. The molecule has 1 fully saturated rings. The van der Waals surface area contributed by atoms with Crippen molar-refractivity contribution in [1.29, 1.82) is 0 Å². The van der Waals surface area contributed by atoms with Crippen molar-refractivity contribution in [1.82, 2.24) is 4.90 Å². The van der Waals surface area contributed by atoms with Crippen LogP contribution in [0.3, 0.4) is 0 Å². The van der Waals surface area contributed by atoms with E-state index in [0.29, 0.717) is 6.42 Å². The fourth-order valence-corrected chi connectivity index (χ4v) is 3.54. The standard InChI is InChI=1S/C17H19ClN2OS/c18-14-3-5-15(6-4-14)19-9-11-20(12-10-19)17(21)8-7-16-2-1-13-22-16/h1-6,13H,7-12H2. The van der Waals surface area contributed by atoms with Crippen molar-refractivity contribution in [3.8, 4) is 0 Å². The fraction of sp³-hybridized carbons (Fsp3) is 0.353. The third-order valence-electron chi connectivity index (χ3n) is 3.99. The predicted molar refractivity (Wildman–Crippen MR) is 92.9 cm³/mol. The van der Waals surface area contributed by atoms with E-state index in [1.165, 1.54) is 10.6 Å². The zero-order valence-corrected chi connectivity index (χ0v) is 13.9. The Labute approximate surface area is 140 Å². The van der Waals surface area contributed by atoms with E-state index >= 15 is 0 Å². The zero-order valence-electron chi connectivity index (χ0n) is 12.4. The molecule has 0 aliphatic carbocycles. The van der Waals surface area contributed by atoms with Gasteiger partial charge in [0.15, 0.2) is 0 Å². The van der Waals surface area contributed by atoms with Gasteiger partial charge in [0.05, 0.1) is 0 Å². The Hall–Kier alpha value is -1.52. The molecule has 1 aliphatic heterocycles. The van der Waals surface area contributed by atoms with Crippen LogP contribution in [0.5, 0.6) is 0 Å². The van der Waals surface area contributed by atoms with Crippen LogP contribution in [0, 0.1) is 0 Å². The van der Waals surface area contributed by atoms with Crippen molar-refractivity contribution in [2.24, 2.45) is 0 Å². The Morgan fingerprint density at radius 1 is 1.09 bits per heavy atom. The molecule has 0 radical (unpaired) electrons. The molecule has 3 nitrogen and oxygen atoms in total. The molecule has 1 saturated heterocycles. The summed E-state index contributed by atoms with van der Waals surface area (Å²) in [4.78, 5) is 17.9. The Morgan fingerprint density at radius 2 is 1.82 bits per heavy atom. The molecule has 0 spiro atoms. The number of piperazine rings is 1. The van der Waals surface area contributed by atoms with E-state index in [1.54, 1.807) is 11.3 Å². The first-order valence-electron chi connectivity index (χ1n) is 7.53. The monoisotopic (exact) mass is 334 g/mol. The van der Waals surface area contributed by atoms with Gasteiger partial charge in [0, 0.05) is 48.2 Å². The van der Waals surface area contributed by atoms with Gasteiger partial charge in [-0.25, -0.2) is 0 Å². The molecule has 1 aromatic heterocycles. The topological polar surface area (TPSA) is 23.6 Å². The number of aryl methyl sites for hydroxylation is 1. The van der Waals surface area contributed by atoms with Gasteiger partial charge in [-0.3, -0.25) is 4.79 Å². The first-order chi connectivity index (χ1) is 10.7. The minimum absolute atomic E-state index is 0.268. The highest BCUT2D eigenvalue weighted by molar-refractivity contribution is 7.09. The molecule has 1 aliphatic rings. The lowest BCUT2D eigenvalue weighted by Crippen LogP contribution is -2.48. The van der Waals surface area contributed by atoms with Crippen LogP contribution in [0.25, 0.3) is 0 Å². The number of nitrogens with zero attached hydrogens (tertiary/aromatic N) is 2. The van der Waals surface area contributed by atoms with Gasteiger partial charge >= 0.3 is 0 Å². The molecule has 3 rings (SSSR count). The second-order valence-electron chi connectivity index (χ2n) is 5.42. The smallest absolute Gasteiger partial charge is 0.223 e. The molecule has 2 heterocycles. The summed E-state index contributed by atoms with van der Waals surface area (Å²) in [6.45, 7) is 3.36. The quantitative estimate of drug-likeness (QED) is 0.851. The first-order valence-corrected chi connectivity index (χ1v) is 8.79. The Balaban J connectivity index is 1.48. The van der Waals surface area contributed by atoms with Crippen LogP contribution in [0.1, 0.15) is 11.3 Å². The van der Waals surface area contributed by atoms with Crippen molar-refractivity contribution < 1.29 is 4.79 Å².